The van der Waals surface area contributed by atoms with Crippen molar-refractivity contribution in [2.45, 2.75) is 114 Å². The van der Waals surface area contributed by atoms with Gasteiger partial charge in [0.05, 0.1) is 18.8 Å². The summed E-state index contributed by atoms with van der Waals surface area (Å²) in [5.74, 6) is -1.67. The smallest absolute Gasteiger partial charge is 0.339 e. The molecule has 0 unspecified atom stereocenters. The van der Waals surface area contributed by atoms with E-state index >= 15 is 4.79 Å². The standard InChI is InChI=1S/C57H62O11/c1-35(32-59)46-22-17-36-15-18-39(19-16-36)47-23-20-41(40-12-8-11-38(28-40)27-37-9-4-3-5-10-37)29-44(47)31-50(61)65-53-51-49(68-57(2,45-13-6-7-14-45)54(53)67-55(46)62)24-21-42-30-48(56(63)66-52(42)51)43(25-26-58)33-64-34-60/h3-5,8-12,15-16,18-21,23-24,28,30,41,43-45,47,53-54,58-60H,6-7,13-14,17,22,25-27,29,31-34H2,1-2H3/b46-35-/t41-,43-,44+,47+,53-,54+,57+/m1/s1. The van der Waals surface area contributed by atoms with E-state index in [9.17, 15) is 24.9 Å². The number of carbonyl (C=O) groups excluding carboxylic acids is 2. The van der Waals surface area contributed by atoms with Crippen LogP contribution >= 0.6 is 0 Å². The van der Waals surface area contributed by atoms with E-state index in [0.29, 0.717) is 41.5 Å². The summed E-state index contributed by atoms with van der Waals surface area (Å²) in [4.78, 5) is 43.9. The zero-order chi connectivity index (χ0) is 47.4. The van der Waals surface area contributed by atoms with Crippen LogP contribution in [0.1, 0.15) is 128 Å². The SMILES string of the molecule is C/C(CO)=C1\CCc2ccc(cc2)[C@@H]2C=C[C@@H](c3cccc(Cc4ccccc4)c3)C[C@H]2CC(=O)O[C@@H]2c3c(ccc4cc([C@H](CCO)COCO)c(=O)oc34)O[C@@](C)(C3CCCC3)[C@H]2OC1=O. The molecule has 356 valence electrons. The quantitative estimate of drug-likeness (QED) is 0.0381. The largest absolute Gasteiger partial charge is 0.483 e. The highest BCUT2D eigenvalue weighted by atomic mass is 16.6. The molecule has 11 nitrogen and oxygen atoms in total. The summed E-state index contributed by atoms with van der Waals surface area (Å²) >= 11 is 0. The maximum atomic E-state index is 15.1. The zero-order valence-corrected chi connectivity index (χ0v) is 38.9. The van der Waals surface area contributed by atoms with Crippen molar-refractivity contribution in [1.82, 2.24) is 0 Å². The number of benzene rings is 4. The number of hydrogen-bond acceptors (Lipinski definition) is 11. The fourth-order valence-electron chi connectivity index (χ4n) is 11.3. The molecule has 2 aliphatic carbocycles. The van der Waals surface area contributed by atoms with Crippen molar-refractivity contribution in [3.8, 4) is 5.75 Å². The van der Waals surface area contributed by atoms with Gasteiger partial charge in [0.1, 0.15) is 23.7 Å². The fraction of sp³-hybridized carbons (Fsp3) is 0.421. The summed E-state index contributed by atoms with van der Waals surface area (Å²) in [5.41, 5.74) is 5.32. The van der Waals surface area contributed by atoms with Crippen molar-refractivity contribution >= 4 is 22.9 Å². The second kappa shape index (κ2) is 20.8. The normalized spacial score (nSPS) is 25.5. The van der Waals surface area contributed by atoms with Crippen LogP contribution in [-0.2, 0) is 36.6 Å². The van der Waals surface area contributed by atoms with Crippen LogP contribution < -0.4 is 10.4 Å². The second-order valence-corrected chi connectivity index (χ2v) is 19.4. The van der Waals surface area contributed by atoms with Gasteiger partial charge in [-0.25, -0.2) is 9.59 Å². The van der Waals surface area contributed by atoms with Gasteiger partial charge in [-0.15, -0.1) is 0 Å². The van der Waals surface area contributed by atoms with E-state index in [1.165, 1.54) is 16.7 Å². The number of rotatable bonds is 11. The third-order valence-corrected chi connectivity index (χ3v) is 15.1. The van der Waals surface area contributed by atoms with Crippen LogP contribution in [0.3, 0.4) is 0 Å². The molecular weight excluding hydrogens is 861 g/mol. The van der Waals surface area contributed by atoms with E-state index in [4.69, 9.17) is 23.4 Å². The number of hydrogen-bond donors (Lipinski definition) is 3. The van der Waals surface area contributed by atoms with E-state index < -0.39 is 48.1 Å². The van der Waals surface area contributed by atoms with Crippen LogP contribution in [0.2, 0.25) is 0 Å². The topological polar surface area (TPSA) is 162 Å². The van der Waals surface area contributed by atoms with E-state index in [-0.39, 0.29) is 73.0 Å². The molecule has 0 saturated heterocycles. The van der Waals surface area contributed by atoms with Gasteiger partial charge in [0.15, 0.2) is 12.2 Å². The van der Waals surface area contributed by atoms with Crippen molar-refractivity contribution < 1.29 is 48.3 Å². The summed E-state index contributed by atoms with van der Waals surface area (Å²) in [5, 5.41) is 30.2. The zero-order valence-electron chi connectivity index (χ0n) is 38.9. The van der Waals surface area contributed by atoms with Crippen molar-refractivity contribution in [2.24, 2.45) is 11.8 Å². The molecule has 11 heteroatoms. The van der Waals surface area contributed by atoms with Gasteiger partial charge < -0.3 is 38.7 Å². The Balaban J connectivity index is 1.15. The first-order chi connectivity index (χ1) is 33.1. The van der Waals surface area contributed by atoms with E-state index in [1.807, 2.05) is 13.0 Å². The first kappa shape index (κ1) is 47.2. The third-order valence-electron chi connectivity index (χ3n) is 15.1. The summed E-state index contributed by atoms with van der Waals surface area (Å²) in [6, 6.07) is 32.7. The lowest BCUT2D eigenvalue weighted by Gasteiger charge is -2.48. The van der Waals surface area contributed by atoms with Crippen molar-refractivity contribution in [1.29, 1.82) is 0 Å². The number of carbonyl (C=O) groups is 2. The molecule has 4 aromatic carbocycles. The van der Waals surface area contributed by atoms with Crippen LogP contribution in [-0.4, -0.2) is 65.6 Å². The molecule has 4 heterocycles. The Morgan fingerprint density at radius 1 is 0.838 bits per heavy atom. The molecule has 5 aliphatic rings. The predicted molar refractivity (Wildman–Crippen MR) is 257 cm³/mol. The number of ether oxygens (including phenoxy) is 4. The highest BCUT2D eigenvalue weighted by Gasteiger charge is 2.57. The third kappa shape index (κ3) is 9.85. The van der Waals surface area contributed by atoms with E-state index in [1.54, 1.807) is 25.1 Å². The number of allylic oxidation sites excluding steroid dienone is 2. The lowest BCUT2D eigenvalue weighted by Crippen LogP contribution is -2.58. The van der Waals surface area contributed by atoms with Gasteiger partial charge >= 0.3 is 17.6 Å². The fourth-order valence-corrected chi connectivity index (χ4v) is 11.3. The number of esters is 2. The molecule has 0 amide bonds. The van der Waals surface area contributed by atoms with Crippen molar-refractivity contribution in [3.05, 3.63) is 170 Å². The number of fused-ring (bicyclic) bond motifs is 11. The molecule has 10 rings (SSSR count). The lowest BCUT2D eigenvalue weighted by molar-refractivity contribution is -0.199. The molecule has 2 bridgehead atoms. The van der Waals surface area contributed by atoms with Crippen LogP contribution in [0, 0.1) is 11.8 Å². The molecule has 7 atom stereocenters. The van der Waals surface area contributed by atoms with Gasteiger partial charge in [-0.05, 0) is 116 Å². The highest BCUT2D eigenvalue weighted by molar-refractivity contribution is 5.90. The van der Waals surface area contributed by atoms with Gasteiger partial charge in [-0.3, -0.25) is 4.79 Å². The Morgan fingerprint density at radius 2 is 1.62 bits per heavy atom. The number of aryl methyl sites for hydroxylation is 1. The first-order valence-electron chi connectivity index (χ1n) is 24.3. The second-order valence-electron chi connectivity index (χ2n) is 19.4. The molecule has 68 heavy (non-hydrogen) atoms. The Morgan fingerprint density at radius 3 is 2.37 bits per heavy atom. The summed E-state index contributed by atoms with van der Waals surface area (Å²) < 4.78 is 32.0. The minimum atomic E-state index is -1.26. The molecule has 3 aliphatic heterocycles. The Kier molecular flexibility index (Phi) is 14.4. The summed E-state index contributed by atoms with van der Waals surface area (Å²) in [7, 11) is 0. The lowest BCUT2D eigenvalue weighted by atomic mass is 9.72. The minimum Gasteiger partial charge on any atom is -0.483 e. The molecule has 1 saturated carbocycles. The molecule has 3 N–H and O–H groups in total. The average Bonchev–Trinajstić information content (AvgIpc) is 3.91. The Bertz CT molecular complexity index is 2710. The van der Waals surface area contributed by atoms with Crippen molar-refractivity contribution in [2.75, 3.05) is 26.6 Å². The highest BCUT2D eigenvalue weighted by Crippen LogP contribution is 2.53. The van der Waals surface area contributed by atoms with Gasteiger partial charge in [-0.2, -0.15) is 0 Å². The van der Waals surface area contributed by atoms with Gasteiger partial charge in [0.2, 0.25) is 0 Å². The molecule has 1 aromatic heterocycles. The Labute approximate surface area is 397 Å². The summed E-state index contributed by atoms with van der Waals surface area (Å²) in [6.45, 7) is 2.49. The van der Waals surface area contributed by atoms with Gasteiger partial charge in [0, 0.05) is 53.2 Å². The summed E-state index contributed by atoms with van der Waals surface area (Å²) in [6.07, 6.45) is 8.11. The molecule has 1 fully saturated rings. The molecule has 5 aromatic rings. The number of aliphatic hydroxyl groups is 3. The van der Waals surface area contributed by atoms with E-state index in [2.05, 4.69) is 84.9 Å². The average molecular weight is 923 g/mol. The van der Waals surface area contributed by atoms with Crippen LogP contribution in [0.15, 0.2) is 130 Å². The van der Waals surface area contributed by atoms with Crippen LogP contribution in [0.5, 0.6) is 5.75 Å². The Hall–Kier alpha value is -5.85. The maximum Gasteiger partial charge on any atom is 0.339 e. The minimum absolute atomic E-state index is 0.0240. The van der Waals surface area contributed by atoms with Gasteiger partial charge in [-0.1, -0.05) is 104 Å². The first-order valence-corrected chi connectivity index (χ1v) is 24.3. The molecule has 0 spiro atoms. The van der Waals surface area contributed by atoms with E-state index in [0.717, 1.165) is 43.2 Å². The van der Waals surface area contributed by atoms with Crippen molar-refractivity contribution in [3.63, 3.8) is 0 Å². The molecular formula is C57H62O11. The molecule has 0 radical (unpaired) electrons. The van der Waals surface area contributed by atoms with Crippen LogP contribution in [0.4, 0.5) is 0 Å². The van der Waals surface area contributed by atoms with Crippen LogP contribution in [0.25, 0.3) is 11.0 Å². The maximum absolute atomic E-state index is 15.1. The number of aliphatic hydroxyl groups excluding tert-OH is 3. The van der Waals surface area contributed by atoms with Gasteiger partial charge in [0.25, 0.3) is 0 Å². The predicted octanol–water partition coefficient (Wildman–Crippen LogP) is 9.44. The monoisotopic (exact) mass is 922 g/mol.